The molecule has 0 radical (unpaired) electrons. The summed E-state index contributed by atoms with van der Waals surface area (Å²) in [6.45, 7) is 19.8. The van der Waals surface area contributed by atoms with E-state index in [0.717, 1.165) is 32.1 Å². The van der Waals surface area contributed by atoms with Crippen molar-refractivity contribution in [2.24, 2.45) is 50.7 Å². The van der Waals surface area contributed by atoms with Gasteiger partial charge in [0.2, 0.25) is 0 Å². The lowest BCUT2D eigenvalue weighted by Gasteiger charge is -2.63. The summed E-state index contributed by atoms with van der Waals surface area (Å²) in [5.41, 5.74) is -0.260. The van der Waals surface area contributed by atoms with E-state index in [1.54, 1.807) is 0 Å². The van der Waals surface area contributed by atoms with Gasteiger partial charge in [0, 0.05) is 5.41 Å². The fourth-order valence-electron chi connectivity index (χ4n) is 12.7. The van der Waals surface area contributed by atoms with Crippen molar-refractivity contribution >= 4 is 0 Å². The first kappa shape index (κ1) is 27.9. The van der Waals surface area contributed by atoms with E-state index in [9.17, 15) is 15.3 Å². The van der Waals surface area contributed by atoms with Gasteiger partial charge in [-0.3, -0.25) is 0 Å². The summed E-state index contributed by atoms with van der Waals surface area (Å²) in [6, 6.07) is 0. The first-order valence-corrected chi connectivity index (χ1v) is 15.9. The Bertz CT molecular complexity index is 961. The van der Waals surface area contributed by atoms with Crippen molar-refractivity contribution in [2.75, 3.05) is 0 Å². The molecule has 2 spiro atoms. The highest BCUT2D eigenvalue weighted by atomic mass is 16.5. The average Bonchev–Trinajstić information content (AvgIpc) is 3.45. The van der Waals surface area contributed by atoms with Crippen molar-refractivity contribution in [2.45, 2.75) is 156 Å². The maximum Gasteiger partial charge on any atom is 0.109 e. The van der Waals surface area contributed by atoms with Gasteiger partial charge in [0.05, 0.1) is 36.1 Å². The molecule has 6 aliphatic rings. The molecule has 5 heteroatoms. The fraction of sp³-hybridized carbons (Fsp3) is 1.00. The average molecular weight is 533 g/mol. The van der Waals surface area contributed by atoms with Gasteiger partial charge in [-0.15, -0.1) is 0 Å². The number of hydrogen-bond acceptors (Lipinski definition) is 5. The van der Waals surface area contributed by atoms with Gasteiger partial charge in [0.15, 0.2) is 0 Å². The zero-order valence-corrected chi connectivity index (χ0v) is 25.6. The van der Waals surface area contributed by atoms with Crippen molar-refractivity contribution in [1.82, 2.24) is 0 Å². The third-order valence-corrected chi connectivity index (χ3v) is 14.4. The molecule has 13 unspecified atom stereocenters. The lowest BCUT2D eigenvalue weighted by molar-refractivity contribution is -0.218. The Morgan fingerprint density at radius 2 is 1.55 bits per heavy atom. The highest BCUT2D eigenvalue weighted by Crippen LogP contribution is 2.89. The highest BCUT2D eigenvalue weighted by Gasteiger charge is 2.84. The molecular formula is C33H56O5. The maximum atomic E-state index is 12.3. The number of hydrogen-bond donors (Lipinski definition) is 3. The second kappa shape index (κ2) is 8.21. The van der Waals surface area contributed by atoms with Gasteiger partial charge in [-0.25, -0.2) is 0 Å². The van der Waals surface area contributed by atoms with Gasteiger partial charge in [-0.05, 0) is 124 Å². The van der Waals surface area contributed by atoms with E-state index in [-0.39, 0.29) is 40.7 Å². The fourth-order valence-corrected chi connectivity index (χ4v) is 12.7. The van der Waals surface area contributed by atoms with Crippen molar-refractivity contribution in [3.05, 3.63) is 0 Å². The van der Waals surface area contributed by atoms with Crippen molar-refractivity contribution in [3.8, 4) is 0 Å². The monoisotopic (exact) mass is 532 g/mol. The topological polar surface area (TPSA) is 79.2 Å². The van der Waals surface area contributed by atoms with E-state index in [2.05, 4.69) is 34.6 Å². The summed E-state index contributed by atoms with van der Waals surface area (Å²) in [5, 5.41) is 34.7. The number of ether oxygens (including phenoxy) is 2. The number of aliphatic hydroxyl groups excluding tert-OH is 3. The number of fused-ring (bicyclic) bond motifs is 4. The van der Waals surface area contributed by atoms with E-state index in [4.69, 9.17) is 9.47 Å². The lowest BCUT2D eigenvalue weighted by atomic mass is 9.41. The van der Waals surface area contributed by atoms with Gasteiger partial charge in [0.1, 0.15) is 6.10 Å². The van der Waals surface area contributed by atoms with Crippen LogP contribution in [0.3, 0.4) is 0 Å². The Kier molecular flexibility index (Phi) is 6.04. The molecule has 218 valence electrons. The van der Waals surface area contributed by atoms with Gasteiger partial charge in [-0.2, -0.15) is 0 Å². The minimum Gasteiger partial charge on any atom is -0.393 e. The molecule has 1 heterocycles. The molecule has 3 N–H and O–H groups in total. The van der Waals surface area contributed by atoms with Crippen LogP contribution in [-0.2, 0) is 9.47 Å². The smallest absolute Gasteiger partial charge is 0.109 e. The Labute approximate surface area is 231 Å². The van der Waals surface area contributed by atoms with Crippen LogP contribution in [0.4, 0.5) is 0 Å². The van der Waals surface area contributed by atoms with Crippen LogP contribution in [0.2, 0.25) is 0 Å². The summed E-state index contributed by atoms with van der Waals surface area (Å²) in [4.78, 5) is 0. The molecule has 1 aliphatic heterocycles. The van der Waals surface area contributed by atoms with Crippen LogP contribution in [-0.4, -0.2) is 57.5 Å². The molecular weight excluding hydrogens is 476 g/mol. The quantitative estimate of drug-likeness (QED) is 0.431. The Morgan fingerprint density at radius 3 is 2.21 bits per heavy atom. The van der Waals surface area contributed by atoms with E-state index < -0.39 is 17.8 Å². The molecule has 1 saturated heterocycles. The highest BCUT2D eigenvalue weighted by molar-refractivity contribution is 5.32. The second-order valence-corrected chi connectivity index (χ2v) is 16.8. The summed E-state index contributed by atoms with van der Waals surface area (Å²) < 4.78 is 12.9. The lowest BCUT2D eigenvalue weighted by Crippen LogP contribution is -2.59. The second-order valence-electron chi connectivity index (χ2n) is 16.8. The first-order valence-electron chi connectivity index (χ1n) is 15.9. The minimum atomic E-state index is -0.742. The van der Waals surface area contributed by atoms with Crippen LogP contribution < -0.4 is 0 Å². The summed E-state index contributed by atoms with van der Waals surface area (Å²) in [6.07, 6.45) is 6.89. The van der Waals surface area contributed by atoms with Gasteiger partial charge >= 0.3 is 0 Å². The normalized spacial score (nSPS) is 55.8. The van der Waals surface area contributed by atoms with E-state index in [0.29, 0.717) is 34.5 Å². The molecule has 0 aromatic rings. The van der Waals surface area contributed by atoms with Crippen LogP contribution in [0.1, 0.15) is 114 Å². The molecule has 38 heavy (non-hydrogen) atoms. The van der Waals surface area contributed by atoms with Gasteiger partial charge in [-0.1, -0.05) is 34.6 Å². The molecule has 0 aromatic carbocycles. The SMILES string of the molecule is CC(C)OC(C)(C)C(O)C1CC(C)C2C(O1)C(O)C1(C)C3CCC4C(C)(C)C(O)CCC45CC35CCC21C. The van der Waals surface area contributed by atoms with Crippen LogP contribution in [0.15, 0.2) is 0 Å². The third-order valence-electron chi connectivity index (χ3n) is 14.4. The van der Waals surface area contributed by atoms with E-state index >= 15 is 0 Å². The molecule has 0 aromatic heterocycles. The molecule has 13 atom stereocenters. The van der Waals surface area contributed by atoms with Crippen molar-refractivity contribution in [3.63, 3.8) is 0 Å². The van der Waals surface area contributed by atoms with E-state index in [1.165, 1.54) is 19.3 Å². The van der Waals surface area contributed by atoms with E-state index in [1.807, 2.05) is 27.7 Å². The zero-order valence-electron chi connectivity index (χ0n) is 25.6. The van der Waals surface area contributed by atoms with Crippen molar-refractivity contribution < 1.29 is 24.8 Å². The molecule has 6 rings (SSSR count). The predicted octanol–water partition coefficient (Wildman–Crippen LogP) is 5.73. The van der Waals surface area contributed by atoms with Crippen LogP contribution in [0.25, 0.3) is 0 Å². The number of rotatable bonds is 4. The largest absolute Gasteiger partial charge is 0.393 e. The predicted molar refractivity (Wildman–Crippen MR) is 148 cm³/mol. The summed E-state index contributed by atoms with van der Waals surface area (Å²) in [7, 11) is 0. The zero-order chi connectivity index (χ0) is 27.8. The summed E-state index contributed by atoms with van der Waals surface area (Å²) >= 11 is 0. The maximum absolute atomic E-state index is 12.3. The molecule has 0 bridgehead atoms. The number of aliphatic hydroxyl groups is 3. The van der Waals surface area contributed by atoms with Crippen LogP contribution >= 0.6 is 0 Å². The third kappa shape index (κ3) is 3.18. The van der Waals surface area contributed by atoms with Gasteiger partial charge in [0.25, 0.3) is 0 Å². The van der Waals surface area contributed by atoms with Gasteiger partial charge < -0.3 is 24.8 Å². The Hall–Kier alpha value is -0.200. The van der Waals surface area contributed by atoms with Crippen LogP contribution in [0.5, 0.6) is 0 Å². The molecule has 5 saturated carbocycles. The van der Waals surface area contributed by atoms with Crippen LogP contribution in [0, 0.1) is 50.7 Å². The molecule has 0 amide bonds. The summed E-state index contributed by atoms with van der Waals surface area (Å²) in [5.74, 6) is 1.75. The Morgan fingerprint density at radius 1 is 0.921 bits per heavy atom. The minimum absolute atomic E-state index is 0.0204. The first-order chi connectivity index (χ1) is 17.5. The molecule has 5 aliphatic carbocycles. The Balaban J connectivity index is 1.32. The van der Waals surface area contributed by atoms with Crippen molar-refractivity contribution in [1.29, 1.82) is 0 Å². The molecule has 5 nitrogen and oxygen atoms in total. The molecule has 6 fully saturated rings. The standard InChI is InChI=1S/C33H56O5/c1-18(2)38-29(6,7)26(35)20-16-19(3)24-25(37-20)27(36)31(9)22-11-10-21-28(4,5)23(34)12-13-32(21)17-33(22,32)15-14-30(24,31)8/h18-27,34-36H,10-17H2,1-9H3.